The van der Waals surface area contributed by atoms with E-state index in [0.717, 1.165) is 5.56 Å². The number of ether oxygens (including phenoxy) is 2. The van der Waals surface area contributed by atoms with Gasteiger partial charge in [-0.3, -0.25) is 14.3 Å². The number of anilines is 1. The van der Waals surface area contributed by atoms with Crippen LogP contribution >= 0.6 is 0 Å². The van der Waals surface area contributed by atoms with Gasteiger partial charge in [0.1, 0.15) is 5.69 Å². The first-order valence-corrected chi connectivity index (χ1v) is 11.0. The Kier molecular flexibility index (Phi) is 7.48. The Balaban J connectivity index is 1.56. The van der Waals surface area contributed by atoms with Crippen LogP contribution in [0.2, 0.25) is 0 Å². The molecule has 3 heterocycles. The standard InChI is InChI=1S/C24H27N7O4/c1-29-21(19(16-25-29)24(33)30(11-13-34-2)12-14-35-3)23(32)26-18-9-10-31-20(15-18)27-22(28-31)17-7-5-4-6-8-17/h4-10,15-16H,11-14H2,1-3H3,(H,26,32). The van der Waals surface area contributed by atoms with Gasteiger partial charge in [0.2, 0.25) is 0 Å². The van der Waals surface area contributed by atoms with Crippen molar-refractivity contribution in [3.05, 3.63) is 66.1 Å². The maximum atomic E-state index is 13.2. The van der Waals surface area contributed by atoms with E-state index in [1.807, 2.05) is 30.3 Å². The monoisotopic (exact) mass is 477 g/mol. The number of nitrogens with one attached hydrogen (secondary N) is 1. The van der Waals surface area contributed by atoms with Crippen LogP contribution < -0.4 is 5.32 Å². The first-order valence-electron chi connectivity index (χ1n) is 11.0. The van der Waals surface area contributed by atoms with Crippen molar-refractivity contribution in [1.82, 2.24) is 29.3 Å². The van der Waals surface area contributed by atoms with E-state index in [2.05, 4.69) is 20.5 Å². The lowest BCUT2D eigenvalue weighted by atomic mass is 10.2. The van der Waals surface area contributed by atoms with Crippen molar-refractivity contribution in [3.8, 4) is 11.4 Å². The minimum Gasteiger partial charge on any atom is -0.383 e. The molecule has 0 atom stereocenters. The molecule has 11 nitrogen and oxygen atoms in total. The Morgan fingerprint density at radius 3 is 2.46 bits per heavy atom. The molecule has 0 spiro atoms. The Morgan fingerprint density at radius 1 is 1.06 bits per heavy atom. The highest BCUT2D eigenvalue weighted by Crippen LogP contribution is 2.19. The zero-order valence-corrected chi connectivity index (χ0v) is 19.8. The van der Waals surface area contributed by atoms with Gasteiger partial charge in [0.05, 0.1) is 25.0 Å². The first kappa shape index (κ1) is 24.0. The summed E-state index contributed by atoms with van der Waals surface area (Å²) >= 11 is 0. The van der Waals surface area contributed by atoms with Gasteiger partial charge < -0.3 is 19.7 Å². The average molecular weight is 478 g/mol. The third kappa shape index (κ3) is 5.36. The summed E-state index contributed by atoms with van der Waals surface area (Å²) in [6, 6.07) is 13.1. The fourth-order valence-corrected chi connectivity index (χ4v) is 3.61. The number of fused-ring (bicyclic) bond motifs is 1. The van der Waals surface area contributed by atoms with Gasteiger partial charge in [-0.15, -0.1) is 5.10 Å². The summed E-state index contributed by atoms with van der Waals surface area (Å²) in [5.74, 6) is -0.197. The predicted octanol–water partition coefficient (Wildman–Crippen LogP) is 2.12. The summed E-state index contributed by atoms with van der Waals surface area (Å²) in [4.78, 5) is 32.6. The highest BCUT2D eigenvalue weighted by atomic mass is 16.5. The lowest BCUT2D eigenvalue weighted by Crippen LogP contribution is -2.37. The minimum atomic E-state index is -0.459. The molecule has 4 aromatic rings. The van der Waals surface area contributed by atoms with Crippen molar-refractivity contribution >= 4 is 23.1 Å². The molecule has 182 valence electrons. The molecule has 3 aromatic heterocycles. The second-order valence-electron chi connectivity index (χ2n) is 7.78. The number of carbonyl (C=O) groups is 2. The van der Waals surface area contributed by atoms with E-state index in [1.165, 1.54) is 10.9 Å². The van der Waals surface area contributed by atoms with Gasteiger partial charge in [-0.1, -0.05) is 30.3 Å². The van der Waals surface area contributed by atoms with Gasteiger partial charge >= 0.3 is 0 Å². The quantitative estimate of drug-likeness (QED) is 0.372. The van der Waals surface area contributed by atoms with Crippen LogP contribution in [0.1, 0.15) is 20.8 Å². The number of hydrogen-bond acceptors (Lipinski definition) is 7. The summed E-state index contributed by atoms with van der Waals surface area (Å²) < 4.78 is 13.3. The summed E-state index contributed by atoms with van der Waals surface area (Å²) in [5.41, 5.74) is 2.34. The number of benzene rings is 1. The van der Waals surface area contributed by atoms with Gasteiger partial charge in [0.25, 0.3) is 11.8 Å². The second kappa shape index (κ2) is 10.9. The molecule has 0 aliphatic rings. The van der Waals surface area contributed by atoms with Crippen LogP contribution in [0.3, 0.4) is 0 Å². The minimum absolute atomic E-state index is 0.154. The topological polar surface area (TPSA) is 116 Å². The molecule has 2 amide bonds. The van der Waals surface area contributed by atoms with Crippen LogP contribution in [-0.2, 0) is 16.5 Å². The first-order chi connectivity index (χ1) is 17.0. The molecule has 0 fully saturated rings. The number of aromatic nitrogens is 5. The van der Waals surface area contributed by atoms with Crippen molar-refractivity contribution in [1.29, 1.82) is 0 Å². The van der Waals surface area contributed by atoms with Gasteiger partial charge in [-0.2, -0.15) is 5.10 Å². The van der Waals surface area contributed by atoms with E-state index in [-0.39, 0.29) is 17.2 Å². The lowest BCUT2D eigenvalue weighted by molar-refractivity contribution is 0.0624. The molecule has 1 aromatic carbocycles. The fourth-order valence-electron chi connectivity index (χ4n) is 3.61. The SMILES string of the molecule is COCCN(CCOC)C(=O)c1cnn(C)c1C(=O)Nc1ccn2nc(-c3ccccc3)nc2c1. The Hall–Kier alpha value is -4.09. The molecule has 35 heavy (non-hydrogen) atoms. The number of methoxy groups -OCH3 is 2. The molecule has 0 radical (unpaired) electrons. The molecular formula is C24H27N7O4. The van der Waals surface area contributed by atoms with Crippen LogP contribution in [-0.4, -0.2) is 81.6 Å². The fraction of sp³-hybridized carbons (Fsp3) is 0.292. The highest BCUT2D eigenvalue weighted by molar-refractivity contribution is 6.11. The Morgan fingerprint density at radius 2 is 1.77 bits per heavy atom. The largest absolute Gasteiger partial charge is 0.383 e. The third-order valence-corrected chi connectivity index (χ3v) is 5.43. The molecule has 0 saturated heterocycles. The summed E-state index contributed by atoms with van der Waals surface area (Å²) in [7, 11) is 4.75. The zero-order valence-electron chi connectivity index (χ0n) is 19.8. The summed E-state index contributed by atoms with van der Waals surface area (Å²) in [6.07, 6.45) is 3.12. The molecule has 11 heteroatoms. The van der Waals surface area contributed by atoms with Gasteiger partial charge in [-0.05, 0) is 6.07 Å². The highest BCUT2D eigenvalue weighted by Gasteiger charge is 2.26. The average Bonchev–Trinajstić information content (AvgIpc) is 3.47. The number of nitrogens with zero attached hydrogens (tertiary/aromatic N) is 6. The molecule has 0 unspecified atom stereocenters. The molecule has 0 aliphatic carbocycles. The maximum absolute atomic E-state index is 13.2. The van der Waals surface area contributed by atoms with E-state index in [1.54, 1.807) is 49.0 Å². The Labute approximate surface area is 202 Å². The van der Waals surface area contributed by atoms with E-state index in [4.69, 9.17) is 9.47 Å². The summed E-state index contributed by atoms with van der Waals surface area (Å²) in [5, 5.41) is 11.5. The number of aryl methyl sites for hydroxylation is 1. The molecule has 0 bridgehead atoms. The smallest absolute Gasteiger partial charge is 0.274 e. The van der Waals surface area contributed by atoms with Crippen molar-refractivity contribution in [2.24, 2.45) is 7.05 Å². The number of pyridine rings is 1. The van der Waals surface area contributed by atoms with E-state index < -0.39 is 5.91 Å². The van der Waals surface area contributed by atoms with Crippen LogP contribution in [0, 0.1) is 0 Å². The zero-order chi connectivity index (χ0) is 24.8. The summed E-state index contributed by atoms with van der Waals surface area (Å²) in [6.45, 7) is 1.45. The van der Waals surface area contributed by atoms with Gasteiger partial charge in [0.15, 0.2) is 11.5 Å². The lowest BCUT2D eigenvalue weighted by Gasteiger charge is -2.22. The normalized spacial score (nSPS) is 11.1. The van der Waals surface area contributed by atoms with Crippen LogP contribution in [0.4, 0.5) is 5.69 Å². The van der Waals surface area contributed by atoms with Crippen LogP contribution in [0.15, 0.2) is 54.9 Å². The van der Waals surface area contributed by atoms with Crippen molar-refractivity contribution < 1.29 is 19.1 Å². The number of carbonyl (C=O) groups excluding carboxylic acids is 2. The van der Waals surface area contributed by atoms with E-state index in [9.17, 15) is 9.59 Å². The second-order valence-corrected chi connectivity index (χ2v) is 7.78. The maximum Gasteiger partial charge on any atom is 0.274 e. The number of rotatable bonds is 10. The molecule has 0 aliphatic heterocycles. The van der Waals surface area contributed by atoms with Gasteiger partial charge in [0, 0.05) is 57.9 Å². The van der Waals surface area contributed by atoms with Crippen LogP contribution in [0.25, 0.3) is 17.0 Å². The van der Waals surface area contributed by atoms with E-state index in [0.29, 0.717) is 43.5 Å². The number of amides is 2. The van der Waals surface area contributed by atoms with Gasteiger partial charge in [-0.25, -0.2) is 9.50 Å². The van der Waals surface area contributed by atoms with Crippen molar-refractivity contribution in [2.75, 3.05) is 45.8 Å². The predicted molar refractivity (Wildman–Crippen MR) is 129 cm³/mol. The molecular weight excluding hydrogens is 450 g/mol. The van der Waals surface area contributed by atoms with Crippen molar-refractivity contribution in [2.45, 2.75) is 0 Å². The molecule has 0 saturated carbocycles. The van der Waals surface area contributed by atoms with E-state index >= 15 is 0 Å². The van der Waals surface area contributed by atoms with Crippen LogP contribution in [0.5, 0.6) is 0 Å². The third-order valence-electron chi connectivity index (χ3n) is 5.43. The molecule has 4 rings (SSSR count). The Bertz CT molecular complexity index is 1310. The molecule has 1 N–H and O–H groups in total. The van der Waals surface area contributed by atoms with Crippen molar-refractivity contribution in [3.63, 3.8) is 0 Å². The number of hydrogen-bond donors (Lipinski definition) is 1.